The number of fused-ring (bicyclic) bond motifs is 1. The highest BCUT2D eigenvalue weighted by molar-refractivity contribution is 9.10. The van der Waals surface area contributed by atoms with E-state index < -0.39 is 0 Å². The summed E-state index contributed by atoms with van der Waals surface area (Å²) in [5.74, 6) is 1.46. The summed E-state index contributed by atoms with van der Waals surface area (Å²) in [6.45, 7) is 2.49. The minimum absolute atomic E-state index is 0.232. The first-order chi connectivity index (χ1) is 11.1. The van der Waals surface area contributed by atoms with E-state index in [2.05, 4.69) is 15.9 Å². The number of esters is 1. The van der Waals surface area contributed by atoms with Crippen LogP contribution in [0.5, 0.6) is 11.5 Å². The number of carbonyl (C=O) groups excluding carboxylic acids is 1. The fourth-order valence-electron chi connectivity index (χ4n) is 2.15. The molecule has 1 aliphatic rings. The van der Waals surface area contributed by atoms with Gasteiger partial charge in [0.05, 0.1) is 5.75 Å². The third-order valence-corrected chi connectivity index (χ3v) is 4.96. The fraction of sp³-hybridized carbons (Fsp3) is 0.235. The van der Waals surface area contributed by atoms with E-state index in [4.69, 9.17) is 14.2 Å². The van der Waals surface area contributed by atoms with Gasteiger partial charge in [0.1, 0.15) is 6.61 Å². The molecule has 0 saturated heterocycles. The molecule has 0 aliphatic carbocycles. The maximum Gasteiger partial charge on any atom is 0.316 e. The molecule has 120 valence electrons. The first-order valence-electron chi connectivity index (χ1n) is 7.05. The Morgan fingerprint density at radius 1 is 1.22 bits per heavy atom. The summed E-state index contributed by atoms with van der Waals surface area (Å²) < 4.78 is 16.9. The zero-order valence-electron chi connectivity index (χ0n) is 12.5. The summed E-state index contributed by atoms with van der Waals surface area (Å²) in [4.78, 5) is 13.0. The highest BCUT2D eigenvalue weighted by Crippen LogP contribution is 2.32. The number of aryl methyl sites for hydroxylation is 1. The van der Waals surface area contributed by atoms with E-state index in [0.717, 1.165) is 26.2 Å². The second kappa shape index (κ2) is 7.27. The van der Waals surface area contributed by atoms with Crippen LogP contribution in [-0.4, -0.2) is 18.5 Å². The zero-order valence-corrected chi connectivity index (χ0v) is 14.9. The van der Waals surface area contributed by atoms with E-state index in [1.54, 1.807) is 0 Å². The first-order valence-corrected chi connectivity index (χ1v) is 8.83. The maximum atomic E-state index is 11.9. The van der Waals surface area contributed by atoms with Gasteiger partial charge in [0, 0.05) is 9.37 Å². The van der Waals surface area contributed by atoms with Crippen molar-refractivity contribution in [3.63, 3.8) is 0 Å². The van der Waals surface area contributed by atoms with Crippen LogP contribution in [0.1, 0.15) is 11.1 Å². The molecule has 0 amide bonds. The van der Waals surface area contributed by atoms with Crippen LogP contribution in [-0.2, 0) is 16.1 Å². The number of ether oxygens (including phenoxy) is 3. The molecule has 0 N–H and O–H groups in total. The molecule has 1 heterocycles. The molecule has 2 aromatic rings. The molecule has 0 aromatic heterocycles. The van der Waals surface area contributed by atoms with Crippen molar-refractivity contribution in [2.45, 2.75) is 18.4 Å². The van der Waals surface area contributed by atoms with Gasteiger partial charge in [0.25, 0.3) is 0 Å². The van der Waals surface area contributed by atoms with Gasteiger partial charge in [-0.25, -0.2) is 0 Å². The Hall–Kier alpha value is -1.66. The Kier molecular flexibility index (Phi) is 5.13. The summed E-state index contributed by atoms with van der Waals surface area (Å²) in [5, 5.41) is 0. The highest BCUT2D eigenvalue weighted by Gasteiger charge is 2.14. The SMILES string of the molecule is Cc1cc(Br)ccc1SCC(=O)OCc1ccc2c(c1)OCO2. The Labute approximate surface area is 147 Å². The number of hydrogen-bond acceptors (Lipinski definition) is 5. The van der Waals surface area contributed by atoms with Crippen LogP contribution < -0.4 is 9.47 Å². The largest absolute Gasteiger partial charge is 0.460 e. The van der Waals surface area contributed by atoms with Crippen molar-refractivity contribution in [2.24, 2.45) is 0 Å². The van der Waals surface area contributed by atoms with Crippen molar-refractivity contribution >= 4 is 33.7 Å². The molecule has 2 aromatic carbocycles. The van der Waals surface area contributed by atoms with Gasteiger partial charge < -0.3 is 14.2 Å². The number of benzene rings is 2. The summed E-state index contributed by atoms with van der Waals surface area (Å²) in [6.07, 6.45) is 0. The number of thioether (sulfide) groups is 1. The third kappa shape index (κ3) is 4.20. The lowest BCUT2D eigenvalue weighted by atomic mass is 10.2. The van der Waals surface area contributed by atoms with E-state index in [9.17, 15) is 4.79 Å². The molecule has 0 atom stereocenters. The van der Waals surface area contributed by atoms with E-state index in [0.29, 0.717) is 5.75 Å². The van der Waals surface area contributed by atoms with Crippen molar-refractivity contribution in [3.05, 3.63) is 52.0 Å². The molecule has 4 nitrogen and oxygen atoms in total. The minimum Gasteiger partial charge on any atom is -0.460 e. The molecular formula is C17H15BrO4S. The van der Waals surface area contributed by atoms with Crippen LogP contribution in [0, 0.1) is 6.92 Å². The van der Waals surface area contributed by atoms with Crippen LogP contribution in [0.2, 0.25) is 0 Å². The van der Waals surface area contributed by atoms with Gasteiger partial charge in [0.15, 0.2) is 11.5 Å². The molecule has 23 heavy (non-hydrogen) atoms. The second-order valence-corrected chi connectivity index (χ2v) is 6.98. The lowest BCUT2D eigenvalue weighted by molar-refractivity contribution is -0.141. The minimum atomic E-state index is -0.241. The molecule has 6 heteroatoms. The predicted octanol–water partition coefficient (Wildman–Crippen LogP) is 4.32. The van der Waals surface area contributed by atoms with Crippen LogP contribution in [0.25, 0.3) is 0 Å². The molecule has 0 saturated carbocycles. The highest BCUT2D eigenvalue weighted by atomic mass is 79.9. The van der Waals surface area contributed by atoms with Crippen molar-refractivity contribution in [2.75, 3.05) is 12.5 Å². The Balaban J connectivity index is 1.50. The van der Waals surface area contributed by atoms with Gasteiger partial charge in [-0.05, 0) is 48.4 Å². The predicted molar refractivity (Wildman–Crippen MR) is 92.0 cm³/mol. The third-order valence-electron chi connectivity index (χ3n) is 3.32. The van der Waals surface area contributed by atoms with Crippen LogP contribution in [0.15, 0.2) is 45.8 Å². The van der Waals surface area contributed by atoms with Gasteiger partial charge >= 0.3 is 5.97 Å². The molecule has 0 radical (unpaired) electrons. The van der Waals surface area contributed by atoms with Gasteiger partial charge in [-0.3, -0.25) is 4.79 Å². The van der Waals surface area contributed by atoms with E-state index >= 15 is 0 Å². The van der Waals surface area contributed by atoms with E-state index in [1.165, 1.54) is 11.8 Å². The number of hydrogen-bond donors (Lipinski definition) is 0. The standard InChI is InChI=1S/C17H15BrO4S/c1-11-6-13(18)3-5-16(11)23-9-17(19)20-8-12-2-4-14-15(7-12)22-10-21-14/h2-7H,8-10H2,1H3. The Morgan fingerprint density at radius 3 is 2.87 bits per heavy atom. The van der Waals surface area contributed by atoms with Crippen molar-refractivity contribution in [1.82, 2.24) is 0 Å². The van der Waals surface area contributed by atoms with Gasteiger partial charge in [-0.1, -0.05) is 22.0 Å². The Bertz CT molecular complexity index is 733. The van der Waals surface area contributed by atoms with Gasteiger partial charge in [-0.2, -0.15) is 0 Å². The average Bonchev–Trinajstić information content (AvgIpc) is 2.99. The van der Waals surface area contributed by atoms with Crippen LogP contribution >= 0.6 is 27.7 Å². The molecule has 0 unspecified atom stereocenters. The number of halogens is 1. The van der Waals surface area contributed by atoms with Crippen LogP contribution in [0.3, 0.4) is 0 Å². The molecule has 3 rings (SSSR count). The first kappa shape index (κ1) is 16.2. The molecule has 0 spiro atoms. The second-order valence-electron chi connectivity index (χ2n) is 5.05. The molecule has 1 aliphatic heterocycles. The van der Waals surface area contributed by atoms with Gasteiger partial charge in [0.2, 0.25) is 6.79 Å². The normalized spacial score (nSPS) is 12.3. The lowest BCUT2D eigenvalue weighted by Gasteiger charge is -2.07. The molecule has 0 fully saturated rings. The molecular weight excluding hydrogens is 380 g/mol. The van der Waals surface area contributed by atoms with Crippen molar-refractivity contribution < 1.29 is 19.0 Å². The number of rotatable bonds is 5. The summed E-state index contributed by atoms with van der Waals surface area (Å²) in [7, 11) is 0. The summed E-state index contributed by atoms with van der Waals surface area (Å²) in [6, 6.07) is 11.5. The van der Waals surface area contributed by atoms with Gasteiger partial charge in [-0.15, -0.1) is 11.8 Å². The van der Waals surface area contributed by atoms with Crippen molar-refractivity contribution in [3.8, 4) is 11.5 Å². The molecule has 0 bridgehead atoms. The van der Waals surface area contributed by atoms with Crippen molar-refractivity contribution in [1.29, 1.82) is 0 Å². The monoisotopic (exact) mass is 394 g/mol. The van der Waals surface area contributed by atoms with Crippen LogP contribution in [0.4, 0.5) is 0 Å². The summed E-state index contributed by atoms with van der Waals surface area (Å²) in [5.41, 5.74) is 2.01. The number of carbonyl (C=O) groups is 1. The summed E-state index contributed by atoms with van der Waals surface area (Å²) >= 11 is 4.91. The topological polar surface area (TPSA) is 44.8 Å². The smallest absolute Gasteiger partial charge is 0.316 e. The lowest BCUT2D eigenvalue weighted by Crippen LogP contribution is -2.07. The fourth-order valence-corrected chi connectivity index (χ4v) is 3.43. The quantitative estimate of drug-likeness (QED) is 0.557. The maximum absolute atomic E-state index is 11.9. The van der Waals surface area contributed by atoms with E-state index in [-0.39, 0.29) is 25.1 Å². The average molecular weight is 395 g/mol. The zero-order chi connectivity index (χ0) is 16.2. The van der Waals surface area contributed by atoms with E-state index in [1.807, 2.05) is 43.3 Å². The Morgan fingerprint density at radius 2 is 2.04 bits per heavy atom.